The lowest BCUT2D eigenvalue weighted by Crippen LogP contribution is -2.24. The summed E-state index contributed by atoms with van der Waals surface area (Å²) in [7, 11) is 0. The van der Waals surface area contributed by atoms with Gasteiger partial charge in [0.15, 0.2) is 0 Å². The molecule has 0 radical (unpaired) electrons. The van der Waals surface area contributed by atoms with Crippen molar-refractivity contribution < 1.29 is 0 Å². The Morgan fingerprint density at radius 1 is 1.22 bits per heavy atom. The summed E-state index contributed by atoms with van der Waals surface area (Å²) in [6.45, 7) is 2.36. The molecule has 2 N–H and O–H groups in total. The fourth-order valence-corrected chi connectivity index (χ4v) is 1.58. The van der Waals surface area contributed by atoms with Crippen LogP contribution in [-0.2, 0) is 0 Å². The molecule has 0 spiro atoms. The predicted molar refractivity (Wildman–Crippen MR) is 38.1 cm³/mol. The topological polar surface area (TPSA) is 26.0 Å². The van der Waals surface area contributed by atoms with E-state index in [0.29, 0.717) is 11.0 Å². The minimum Gasteiger partial charge on any atom is -0.325 e. The van der Waals surface area contributed by atoms with E-state index in [1.54, 1.807) is 0 Å². The van der Waals surface area contributed by atoms with Crippen LogP contribution in [0.4, 0.5) is 0 Å². The average molecular weight is 125 g/mol. The van der Waals surface area contributed by atoms with Gasteiger partial charge in [0.25, 0.3) is 0 Å². The van der Waals surface area contributed by atoms with Crippen LogP contribution in [0.15, 0.2) is 0 Å². The SMILES string of the molecule is CC1(CC2(N)CC2)CC1. The van der Waals surface area contributed by atoms with E-state index >= 15 is 0 Å². The second-order valence-electron chi connectivity index (χ2n) is 4.35. The summed E-state index contributed by atoms with van der Waals surface area (Å²) in [5, 5.41) is 0. The summed E-state index contributed by atoms with van der Waals surface area (Å²) in [6.07, 6.45) is 6.70. The van der Waals surface area contributed by atoms with Crippen molar-refractivity contribution in [3.05, 3.63) is 0 Å². The molecule has 9 heavy (non-hydrogen) atoms. The number of rotatable bonds is 2. The van der Waals surface area contributed by atoms with Crippen molar-refractivity contribution in [3.63, 3.8) is 0 Å². The predicted octanol–water partition coefficient (Wildman–Crippen LogP) is 1.67. The van der Waals surface area contributed by atoms with Gasteiger partial charge in [-0.2, -0.15) is 0 Å². The molecule has 0 heterocycles. The van der Waals surface area contributed by atoms with Crippen molar-refractivity contribution in [1.29, 1.82) is 0 Å². The standard InChI is InChI=1S/C8H15N/c1-7(2-3-7)6-8(9)4-5-8/h2-6,9H2,1H3. The third kappa shape index (κ3) is 1.11. The Kier molecular flexibility index (Phi) is 0.852. The molecule has 2 rings (SSSR count). The fourth-order valence-electron chi connectivity index (χ4n) is 1.58. The van der Waals surface area contributed by atoms with Gasteiger partial charge in [0, 0.05) is 5.54 Å². The second kappa shape index (κ2) is 1.34. The van der Waals surface area contributed by atoms with E-state index in [0.717, 1.165) is 0 Å². The van der Waals surface area contributed by atoms with Crippen LogP contribution in [0.25, 0.3) is 0 Å². The molecule has 0 aromatic carbocycles. The number of nitrogens with two attached hydrogens (primary N) is 1. The number of hydrogen-bond acceptors (Lipinski definition) is 1. The lowest BCUT2D eigenvalue weighted by atomic mass is 9.98. The van der Waals surface area contributed by atoms with E-state index < -0.39 is 0 Å². The third-order valence-electron chi connectivity index (χ3n) is 2.77. The lowest BCUT2D eigenvalue weighted by molar-refractivity contribution is 0.436. The van der Waals surface area contributed by atoms with Crippen LogP contribution in [0.5, 0.6) is 0 Å². The molecule has 2 aliphatic carbocycles. The van der Waals surface area contributed by atoms with Crippen LogP contribution in [0.1, 0.15) is 39.0 Å². The Balaban J connectivity index is 1.90. The number of hydrogen-bond donors (Lipinski definition) is 1. The van der Waals surface area contributed by atoms with Crippen molar-refractivity contribution in [2.45, 2.75) is 44.6 Å². The van der Waals surface area contributed by atoms with Crippen LogP contribution in [0.2, 0.25) is 0 Å². The molecule has 0 aromatic heterocycles. The summed E-state index contributed by atoms with van der Waals surface area (Å²) in [5.74, 6) is 0. The van der Waals surface area contributed by atoms with Crippen molar-refractivity contribution in [3.8, 4) is 0 Å². The van der Waals surface area contributed by atoms with E-state index in [1.807, 2.05) is 0 Å². The lowest BCUT2D eigenvalue weighted by Gasteiger charge is -2.13. The van der Waals surface area contributed by atoms with Crippen molar-refractivity contribution in [2.75, 3.05) is 0 Å². The first-order valence-electron chi connectivity index (χ1n) is 3.91. The van der Waals surface area contributed by atoms with Crippen molar-refractivity contribution in [1.82, 2.24) is 0 Å². The molecule has 0 bridgehead atoms. The molecule has 2 saturated carbocycles. The van der Waals surface area contributed by atoms with Gasteiger partial charge in [-0.25, -0.2) is 0 Å². The van der Waals surface area contributed by atoms with Crippen LogP contribution in [0.3, 0.4) is 0 Å². The molecule has 2 aliphatic rings. The van der Waals surface area contributed by atoms with E-state index in [2.05, 4.69) is 6.92 Å². The van der Waals surface area contributed by atoms with Gasteiger partial charge in [-0.05, 0) is 37.5 Å². The minimum atomic E-state index is 0.297. The first-order valence-corrected chi connectivity index (χ1v) is 3.91. The van der Waals surface area contributed by atoms with Crippen molar-refractivity contribution in [2.24, 2.45) is 11.1 Å². The first-order chi connectivity index (χ1) is 4.12. The molecule has 0 saturated heterocycles. The molecular weight excluding hydrogens is 110 g/mol. The van der Waals surface area contributed by atoms with Gasteiger partial charge in [0.2, 0.25) is 0 Å². The van der Waals surface area contributed by atoms with Gasteiger partial charge in [0.1, 0.15) is 0 Å². The van der Waals surface area contributed by atoms with E-state index in [-0.39, 0.29) is 0 Å². The molecule has 1 heteroatoms. The molecule has 0 aromatic rings. The first kappa shape index (κ1) is 5.72. The summed E-state index contributed by atoms with van der Waals surface area (Å²) >= 11 is 0. The summed E-state index contributed by atoms with van der Waals surface area (Å²) in [4.78, 5) is 0. The Morgan fingerprint density at radius 2 is 1.78 bits per heavy atom. The molecule has 0 unspecified atom stereocenters. The zero-order chi connectivity index (χ0) is 6.54. The third-order valence-corrected chi connectivity index (χ3v) is 2.77. The van der Waals surface area contributed by atoms with E-state index in [1.165, 1.54) is 32.1 Å². The Labute approximate surface area is 56.6 Å². The van der Waals surface area contributed by atoms with Gasteiger partial charge in [-0.1, -0.05) is 6.92 Å². The average Bonchev–Trinajstić information content (AvgIpc) is 2.55. The van der Waals surface area contributed by atoms with Crippen LogP contribution < -0.4 is 5.73 Å². The zero-order valence-corrected chi connectivity index (χ0v) is 6.11. The van der Waals surface area contributed by atoms with Crippen LogP contribution in [0, 0.1) is 5.41 Å². The molecule has 2 fully saturated rings. The molecule has 0 amide bonds. The van der Waals surface area contributed by atoms with Gasteiger partial charge in [-0.3, -0.25) is 0 Å². The molecular formula is C8H15N. The Bertz CT molecular complexity index is 116. The Morgan fingerprint density at radius 3 is 2.11 bits per heavy atom. The molecule has 52 valence electrons. The summed E-state index contributed by atoms with van der Waals surface area (Å²) < 4.78 is 0. The highest BCUT2D eigenvalue weighted by Gasteiger charge is 2.48. The highest BCUT2D eigenvalue weighted by molar-refractivity contribution is 5.06. The highest BCUT2D eigenvalue weighted by Crippen LogP contribution is 2.55. The monoisotopic (exact) mass is 125 g/mol. The van der Waals surface area contributed by atoms with Crippen molar-refractivity contribution >= 4 is 0 Å². The van der Waals surface area contributed by atoms with Gasteiger partial charge >= 0.3 is 0 Å². The maximum Gasteiger partial charge on any atom is 0.0160 e. The maximum absolute atomic E-state index is 5.97. The molecule has 1 nitrogen and oxygen atoms in total. The van der Waals surface area contributed by atoms with Crippen LogP contribution in [-0.4, -0.2) is 5.54 Å². The van der Waals surface area contributed by atoms with Gasteiger partial charge in [0.05, 0.1) is 0 Å². The maximum atomic E-state index is 5.97. The fraction of sp³-hybridized carbons (Fsp3) is 1.00. The second-order valence-corrected chi connectivity index (χ2v) is 4.35. The zero-order valence-electron chi connectivity index (χ0n) is 6.11. The molecule has 0 aliphatic heterocycles. The largest absolute Gasteiger partial charge is 0.325 e. The summed E-state index contributed by atoms with van der Waals surface area (Å²) in [5.41, 5.74) is 6.94. The van der Waals surface area contributed by atoms with E-state index in [9.17, 15) is 0 Å². The Hall–Kier alpha value is -0.0400. The minimum absolute atomic E-state index is 0.297. The van der Waals surface area contributed by atoms with Crippen LogP contribution >= 0.6 is 0 Å². The normalized spacial score (nSPS) is 34.0. The van der Waals surface area contributed by atoms with E-state index in [4.69, 9.17) is 5.73 Å². The van der Waals surface area contributed by atoms with Gasteiger partial charge < -0.3 is 5.73 Å². The smallest absolute Gasteiger partial charge is 0.0160 e. The summed E-state index contributed by atoms with van der Waals surface area (Å²) in [6, 6.07) is 0. The van der Waals surface area contributed by atoms with Gasteiger partial charge in [-0.15, -0.1) is 0 Å². The molecule has 0 atom stereocenters. The quantitative estimate of drug-likeness (QED) is 0.597. The highest BCUT2D eigenvalue weighted by atomic mass is 14.8.